The Balaban J connectivity index is 1.92. The maximum Gasteiger partial charge on any atom is 0.0763 e. The van der Waals surface area contributed by atoms with Gasteiger partial charge in [0.25, 0.3) is 0 Å². The number of thiol groups is 2. The lowest BCUT2D eigenvalue weighted by molar-refractivity contribution is 1.39. The Labute approximate surface area is 159 Å². The van der Waals surface area contributed by atoms with Crippen LogP contribution < -0.4 is 5.32 Å². The number of hydrogen-bond donors (Lipinski definition) is 3. The van der Waals surface area contributed by atoms with Crippen LogP contribution in [0.4, 0.5) is 11.4 Å². The van der Waals surface area contributed by atoms with E-state index in [4.69, 9.17) is 0 Å². The van der Waals surface area contributed by atoms with Gasteiger partial charge in [-0.2, -0.15) is 0 Å². The van der Waals surface area contributed by atoms with Gasteiger partial charge < -0.3 is 5.32 Å². The summed E-state index contributed by atoms with van der Waals surface area (Å²) in [4.78, 5) is 6.33. The van der Waals surface area contributed by atoms with Gasteiger partial charge >= 0.3 is 0 Å². The fraction of sp³-hybridized carbons (Fsp3) is 0. The molecule has 2 nitrogen and oxygen atoms in total. The van der Waals surface area contributed by atoms with Crippen LogP contribution in [0.5, 0.6) is 0 Å². The second-order valence-corrected chi connectivity index (χ2v) is 6.34. The van der Waals surface area contributed by atoms with Crippen molar-refractivity contribution in [3.05, 3.63) is 90.6 Å². The average Bonchev–Trinajstić information content (AvgIpc) is 2.65. The summed E-state index contributed by atoms with van der Waals surface area (Å²) in [6, 6.07) is 25.8. The molecule has 0 aliphatic carbocycles. The number of para-hydroxylation sites is 2. The molecule has 0 spiro atoms. The SMILES string of the molecule is Sc1ccccc1N=C/C(=C/Nc1ccccc1S)c1ccccc1. The van der Waals surface area contributed by atoms with Crippen molar-refractivity contribution < 1.29 is 0 Å². The molecule has 25 heavy (non-hydrogen) atoms. The van der Waals surface area contributed by atoms with Gasteiger partial charge in [-0.05, 0) is 29.8 Å². The maximum absolute atomic E-state index is 4.59. The van der Waals surface area contributed by atoms with Crippen LogP contribution in [0.3, 0.4) is 0 Å². The predicted octanol–water partition coefficient (Wildman–Crippen LogP) is 6.12. The molecular formula is C21H18N2S2. The van der Waals surface area contributed by atoms with Gasteiger partial charge in [-0.1, -0.05) is 54.6 Å². The number of benzene rings is 3. The Morgan fingerprint density at radius 3 is 2.12 bits per heavy atom. The third-order valence-electron chi connectivity index (χ3n) is 3.62. The minimum Gasteiger partial charge on any atom is -0.360 e. The molecule has 4 heteroatoms. The van der Waals surface area contributed by atoms with E-state index in [1.165, 1.54) is 0 Å². The third-order valence-corrected chi connectivity index (χ3v) is 4.39. The molecule has 3 rings (SSSR count). The molecule has 0 amide bonds. The molecule has 0 aliphatic rings. The van der Waals surface area contributed by atoms with E-state index in [1.54, 1.807) is 0 Å². The largest absolute Gasteiger partial charge is 0.360 e. The average molecular weight is 363 g/mol. The van der Waals surface area contributed by atoms with E-state index in [2.05, 4.69) is 47.7 Å². The minimum absolute atomic E-state index is 0.835. The molecule has 0 heterocycles. The molecule has 1 N–H and O–H groups in total. The highest BCUT2D eigenvalue weighted by Gasteiger charge is 2.01. The zero-order chi connectivity index (χ0) is 17.5. The van der Waals surface area contributed by atoms with Crippen molar-refractivity contribution >= 4 is 48.4 Å². The lowest BCUT2D eigenvalue weighted by Gasteiger charge is -2.07. The summed E-state index contributed by atoms with van der Waals surface area (Å²) in [6.45, 7) is 0. The molecule has 0 atom stereocenters. The number of nitrogens with zero attached hydrogens (tertiary/aromatic N) is 1. The third kappa shape index (κ3) is 4.78. The molecule has 0 unspecified atom stereocenters. The lowest BCUT2D eigenvalue weighted by atomic mass is 10.1. The lowest BCUT2D eigenvalue weighted by Crippen LogP contribution is -1.94. The zero-order valence-corrected chi connectivity index (χ0v) is 15.3. The summed E-state index contributed by atoms with van der Waals surface area (Å²) in [5, 5.41) is 3.31. The van der Waals surface area contributed by atoms with Gasteiger partial charge in [0.2, 0.25) is 0 Å². The number of hydrogen-bond acceptors (Lipinski definition) is 4. The highest BCUT2D eigenvalue weighted by molar-refractivity contribution is 7.80. The summed E-state index contributed by atoms with van der Waals surface area (Å²) in [7, 11) is 0. The quantitative estimate of drug-likeness (QED) is 0.370. The van der Waals surface area contributed by atoms with E-state index in [1.807, 2.05) is 79.1 Å². The topological polar surface area (TPSA) is 24.4 Å². The Kier molecular flexibility index (Phi) is 5.99. The zero-order valence-electron chi connectivity index (χ0n) is 13.5. The number of nitrogens with one attached hydrogen (secondary N) is 1. The molecule has 0 bridgehead atoms. The molecule has 0 aliphatic heterocycles. The summed E-state index contributed by atoms with van der Waals surface area (Å²) in [5.74, 6) is 0. The second kappa shape index (κ2) is 8.60. The maximum atomic E-state index is 4.59. The first kappa shape index (κ1) is 17.4. The summed E-state index contributed by atoms with van der Waals surface area (Å²) in [6.07, 6.45) is 3.79. The summed E-state index contributed by atoms with van der Waals surface area (Å²) < 4.78 is 0. The van der Waals surface area contributed by atoms with Crippen LogP contribution in [-0.2, 0) is 0 Å². The van der Waals surface area contributed by atoms with Crippen LogP contribution in [0.15, 0.2) is 99.8 Å². The van der Waals surface area contributed by atoms with Crippen LogP contribution in [0, 0.1) is 0 Å². The van der Waals surface area contributed by atoms with Crippen molar-refractivity contribution in [1.82, 2.24) is 0 Å². The predicted molar refractivity (Wildman–Crippen MR) is 114 cm³/mol. The molecule has 3 aromatic rings. The van der Waals surface area contributed by atoms with Crippen LogP contribution in [0.25, 0.3) is 5.57 Å². The molecular weight excluding hydrogens is 344 g/mol. The van der Waals surface area contributed by atoms with Crippen LogP contribution in [0.1, 0.15) is 5.56 Å². The molecule has 0 radical (unpaired) electrons. The van der Waals surface area contributed by atoms with E-state index in [9.17, 15) is 0 Å². The van der Waals surface area contributed by atoms with Gasteiger partial charge in [-0.15, -0.1) is 25.3 Å². The van der Waals surface area contributed by atoms with Gasteiger partial charge in [0, 0.05) is 27.8 Å². The monoisotopic (exact) mass is 362 g/mol. The fourth-order valence-corrected chi connectivity index (χ4v) is 2.73. The van der Waals surface area contributed by atoms with Crippen molar-refractivity contribution in [1.29, 1.82) is 0 Å². The Morgan fingerprint density at radius 2 is 1.40 bits per heavy atom. The normalized spacial score (nSPS) is 11.7. The highest BCUT2D eigenvalue weighted by atomic mass is 32.1. The molecule has 124 valence electrons. The van der Waals surface area contributed by atoms with Crippen LogP contribution in [0.2, 0.25) is 0 Å². The number of aliphatic imine (C=N–C) groups is 1. The van der Waals surface area contributed by atoms with E-state index in [-0.39, 0.29) is 0 Å². The van der Waals surface area contributed by atoms with Crippen LogP contribution >= 0.6 is 25.3 Å². The number of rotatable bonds is 5. The van der Waals surface area contributed by atoms with Gasteiger partial charge in [0.15, 0.2) is 0 Å². The summed E-state index contributed by atoms with van der Waals surface area (Å²) >= 11 is 8.93. The molecule has 0 fully saturated rings. The molecule has 0 aromatic heterocycles. The Bertz CT molecular complexity index is 903. The first-order valence-corrected chi connectivity index (χ1v) is 8.75. The van der Waals surface area contributed by atoms with Gasteiger partial charge in [0.05, 0.1) is 11.4 Å². The number of allylic oxidation sites excluding steroid dienone is 1. The fourth-order valence-electron chi connectivity index (χ4n) is 2.29. The smallest absolute Gasteiger partial charge is 0.0763 e. The summed E-state index contributed by atoms with van der Waals surface area (Å²) in [5.41, 5.74) is 3.82. The van der Waals surface area contributed by atoms with Crippen molar-refractivity contribution in [3.8, 4) is 0 Å². The Hall–Kier alpha value is -2.43. The van der Waals surface area contributed by atoms with Crippen molar-refractivity contribution in [2.24, 2.45) is 4.99 Å². The second-order valence-electron chi connectivity index (χ2n) is 5.37. The van der Waals surface area contributed by atoms with Gasteiger partial charge in [-0.3, -0.25) is 4.99 Å². The Morgan fingerprint density at radius 1 is 0.760 bits per heavy atom. The number of anilines is 1. The van der Waals surface area contributed by atoms with E-state index in [0.29, 0.717) is 0 Å². The van der Waals surface area contributed by atoms with Crippen molar-refractivity contribution in [2.75, 3.05) is 5.32 Å². The molecule has 0 saturated heterocycles. The van der Waals surface area contributed by atoms with Crippen molar-refractivity contribution in [3.63, 3.8) is 0 Å². The van der Waals surface area contributed by atoms with E-state index in [0.717, 1.165) is 32.3 Å². The first-order chi connectivity index (χ1) is 12.2. The van der Waals surface area contributed by atoms with E-state index >= 15 is 0 Å². The standard InChI is InChI=1S/C21H18N2S2/c24-20-12-6-4-10-18(20)22-14-17(16-8-2-1-3-9-16)15-23-19-11-5-7-13-21(19)25/h1-15,22,24-25H/b17-14-,23-15?. The van der Waals surface area contributed by atoms with Crippen molar-refractivity contribution in [2.45, 2.75) is 9.79 Å². The van der Waals surface area contributed by atoms with Gasteiger partial charge in [-0.25, -0.2) is 0 Å². The van der Waals surface area contributed by atoms with E-state index < -0.39 is 0 Å². The highest BCUT2D eigenvalue weighted by Crippen LogP contribution is 2.24. The van der Waals surface area contributed by atoms with Crippen LogP contribution in [-0.4, -0.2) is 6.21 Å². The van der Waals surface area contributed by atoms with Gasteiger partial charge in [0.1, 0.15) is 0 Å². The molecule has 0 saturated carbocycles. The minimum atomic E-state index is 0.835. The molecule has 3 aromatic carbocycles. The first-order valence-electron chi connectivity index (χ1n) is 7.86.